The largest absolute Gasteiger partial charge is 0.480 e. The van der Waals surface area contributed by atoms with Gasteiger partial charge in [0.25, 0.3) is 0 Å². The molecule has 2 aromatic heterocycles. The molecule has 1 aliphatic carbocycles. The second-order valence-corrected chi connectivity index (χ2v) is 7.90. The first-order valence-corrected chi connectivity index (χ1v) is 9.14. The number of hydrogen-bond donors (Lipinski definition) is 1. The molecule has 1 aliphatic heterocycles. The molecule has 2 atom stereocenters. The lowest BCUT2D eigenvalue weighted by atomic mass is 9.89. The molecule has 0 amide bonds. The van der Waals surface area contributed by atoms with E-state index in [-0.39, 0.29) is 0 Å². The molecule has 4 rings (SSSR count). The molecule has 0 aromatic carbocycles. The van der Waals surface area contributed by atoms with Crippen LogP contribution in [-0.4, -0.2) is 33.6 Å². The van der Waals surface area contributed by atoms with Crippen LogP contribution in [0.4, 0.5) is 5.82 Å². The third kappa shape index (κ3) is 2.40. The van der Waals surface area contributed by atoms with E-state index < -0.39 is 12.0 Å². The van der Waals surface area contributed by atoms with Crippen molar-refractivity contribution in [2.75, 3.05) is 11.4 Å². The number of fused-ring (bicyclic) bond motifs is 3. The van der Waals surface area contributed by atoms with Crippen molar-refractivity contribution in [1.29, 1.82) is 0 Å². The quantitative estimate of drug-likeness (QED) is 0.915. The summed E-state index contributed by atoms with van der Waals surface area (Å²) in [5.41, 5.74) is 1.37. The van der Waals surface area contributed by atoms with Gasteiger partial charge in [-0.25, -0.2) is 14.8 Å². The molecule has 5 nitrogen and oxygen atoms in total. The molecule has 122 valence electrons. The van der Waals surface area contributed by atoms with Crippen molar-refractivity contribution in [2.24, 2.45) is 5.92 Å². The Kier molecular flexibility index (Phi) is 3.52. The fourth-order valence-corrected chi connectivity index (χ4v) is 5.33. The third-order valence-corrected chi connectivity index (χ3v) is 6.21. The normalized spacial score (nSPS) is 24.2. The predicted molar refractivity (Wildman–Crippen MR) is 91.3 cm³/mol. The fourth-order valence-electron chi connectivity index (χ4n) is 3.91. The number of anilines is 1. The Morgan fingerprint density at radius 3 is 2.96 bits per heavy atom. The van der Waals surface area contributed by atoms with Crippen LogP contribution >= 0.6 is 11.3 Å². The topological polar surface area (TPSA) is 66.3 Å². The summed E-state index contributed by atoms with van der Waals surface area (Å²) in [6.45, 7) is 4.96. The van der Waals surface area contributed by atoms with Crippen molar-refractivity contribution in [2.45, 2.75) is 52.0 Å². The second kappa shape index (κ2) is 5.44. The molecule has 1 saturated heterocycles. The van der Waals surface area contributed by atoms with Gasteiger partial charge in [0, 0.05) is 11.4 Å². The molecule has 0 radical (unpaired) electrons. The number of carboxylic acids is 1. The average Bonchev–Trinajstić information content (AvgIpc) is 3.09. The van der Waals surface area contributed by atoms with Gasteiger partial charge in [-0.1, -0.05) is 6.92 Å². The number of hydrogen-bond acceptors (Lipinski definition) is 5. The molecule has 2 aliphatic rings. The zero-order chi connectivity index (χ0) is 16.1. The minimum absolute atomic E-state index is 0.453. The number of aromatic nitrogens is 2. The summed E-state index contributed by atoms with van der Waals surface area (Å²) in [5, 5.41) is 10.6. The van der Waals surface area contributed by atoms with Crippen LogP contribution in [0.5, 0.6) is 0 Å². The van der Waals surface area contributed by atoms with E-state index in [0.29, 0.717) is 12.3 Å². The minimum atomic E-state index is -0.746. The van der Waals surface area contributed by atoms with E-state index in [4.69, 9.17) is 0 Å². The van der Waals surface area contributed by atoms with Gasteiger partial charge in [-0.15, -0.1) is 11.3 Å². The molecule has 6 heteroatoms. The first-order valence-electron chi connectivity index (χ1n) is 8.33. The SMILES string of the molecule is Cc1nc(N2CCCC2C(=O)O)c2c3c(sc2n1)CC(C)CC3. The smallest absolute Gasteiger partial charge is 0.326 e. The van der Waals surface area contributed by atoms with Crippen LogP contribution in [0, 0.1) is 12.8 Å². The van der Waals surface area contributed by atoms with Gasteiger partial charge < -0.3 is 10.0 Å². The summed E-state index contributed by atoms with van der Waals surface area (Å²) in [6, 6.07) is -0.453. The number of aryl methyl sites for hydroxylation is 2. The van der Waals surface area contributed by atoms with Crippen molar-refractivity contribution >= 4 is 33.3 Å². The average molecular weight is 331 g/mol. The van der Waals surface area contributed by atoms with Crippen LogP contribution in [0.15, 0.2) is 0 Å². The highest BCUT2D eigenvalue weighted by Crippen LogP contribution is 2.42. The summed E-state index contributed by atoms with van der Waals surface area (Å²) in [5.74, 6) is 1.55. The highest BCUT2D eigenvalue weighted by atomic mass is 32.1. The number of rotatable bonds is 2. The van der Waals surface area contributed by atoms with Crippen LogP contribution in [0.3, 0.4) is 0 Å². The van der Waals surface area contributed by atoms with Gasteiger partial charge in [0.15, 0.2) is 0 Å². The van der Waals surface area contributed by atoms with Gasteiger partial charge in [0.1, 0.15) is 22.5 Å². The Morgan fingerprint density at radius 1 is 1.35 bits per heavy atom. The van der Waals surface area contributed by atoms with Crippen molar-refractivity contribution in [3.8, 4) is 0 Å². The Balaban J connectivity index is 1.90. The van der Waals surface area contributed by atoms with E-state index in [1.165, 1.54) is 16.9 Å². The number of carbonyl (C=O) groups is 1. The Morgan fingerprint density at radius 2 is 2.17 bits per heavy atom. The summed E-state index contributed by atoms with van der Waals surface area (Å²) in [4.78, 5) is 25.4. The number of nitrogens with zero attached hydrogens (tertiary/aromatic N) is 3. The molecule has 1 N–H and O–H groups in total. The Labute approximate surface area is 139 Å². The van der Waals surface area contributed by atoms with E-state index in [0.717, 1.165) is 47.7 Å². The number of thiophene rings is 1. The van der Waals surface area contributed by atoms with Crippen molar-refractivity contribution in [1.82, 2.24) is 9.97 Å². The van der Waals surface area contributed by atoms with Crippen LogP contribution in [0.2, 0.25) is 0 Å². The summed E-state index contributed by atoms with van der Waals surface area (Å²) < 4.78 is 0. The molecule has 23 heavy (non-hydrogen) atoms. The van der Waals surface area contributed by atoms with Crippen molar-refractivity contribution < 1.29 is 9.90 Å². The van der Waals surface area contributed by atoms with Crippen LogP contribution in [0.1, 0.15) is 42.5 Å². The zero-order valence-corrected chi connectivity index (χ0v) is 14.3. The minimum Gasteiger partial charge on any atom is -0.480 e. The van der Waals surface area contributed by atoms with E-state index in [1.807, 2.05) is 11.8 Å². The molecule has 2 unspecified atom stereocenters. The Bertz CT molecular complexity index is 786. The predicted octanol–water partition coefficient (Wildman–Crippen LogP) is 3.18. The first kappa shape index (κ1) is 14.9. The molecule has 0 spiro atoms. The molecule has 3 heterocycles. The monoisotopic (exact) mass is 331 g/mol. The maximum atomic E-state index is 11.6. The van der Waals surface area contributed by atoms with Crippen molar-refractivity contribution in [3.63, 3.8) is 0 Å². The maximum absolute atomic E-state index is 11.6. The molecule has 0 bridgehead atoms. The van der Waals surface area contributed by atoms with Crippen LogP contribution in [-0.2, 0) is 17.6 Å². The standard InChI is InChI=1S/C17H21N3O2S/c1-9-5-6-11-13(8-9)23-16-14(11)15(18-10(2)19-16)20-7-3-4-12(20)17(21)22/h9,12H,3-8H2,1-2H3,(H,21,22). The lowest BCUT2D eigenvalue weighted by Gasteiger charge is -2.25. The molecular weight excluding hydrogens is 310 g/mol. The molecule has 1 fully saturated rings. The van der Waals surface area contributed by atoms with E-state index in [1.54, 1.807) is 11.3 Å². The summed E-state index contributed by atoms with van der Waals surface area (Å²) >= 11 is 1.78. The maximum Gasteiger partial charge on any atom is 0.326 e. The van der Waals surface area contributed by atoms with E-state index in [9.17, 15) is 9.90 Å². The highest BCUT2D eigenvalue weighted by Gasteiger charge is 2.34. The van der Waals surface area contributed by atoms with Crippen molar-refractivity contribution in [3.05, 3.63) is 16.3 Å². The number of carboxylic acid groups (broad SMARTS) is 1. The zero-order valence-electron chi connectivity index (χ0n) is 13.5. The highest BCUT2D eigenvalue weighted by molar-refractivity contribution is 7.19. The lowest BCUT2D eigenvalue weighted by molar-refractivity contribution is -0.138. The third-order valence-electron chi connectivity index (χ3n) is 5.06. The number of aliphatic carboxylic acids is 1. The lowest BCUT2D eigenvalue weighted by Crippen LogP contribution is -2.36. The van der Waals surface area contributed by atoms with Gasteiger partial charge in [-0.2, -0.15) is 0 Å². The van der Waals surface area contributed by atoms with Gasteiger partial charge >= 0.3 is 5.97 Å². The van der Waals surface area contributed by atoms with Crippen LogP contribution < -0.4 is 4.90 Å². The van der Waals surface area contributed by atoms with E-state index >= 15 is 0 Å². The van der Waals surface area contributed by atoms with Gasteiger partial charge in [0.2, 0.25) is 0 Å². The first-order chi connectivity index (χ1) is 11.0. The second-order valence-electron chi connectivity index (χ2n) is 6.82. The Hall–Kier alpha value is -1.69. The molecular formula is C17H21N3O2S. The molecule has 2 aromatic rings. The van der Waals surface area contributed by atoms with Gasteiger partial charge in [-0.05, 0) is 50.5 Å². The summed E-state index contributed by atoms with van der Waals surface area (Å²) in [7, 11) is 0. The van der Waals surface area contributed by atoms with Crippen LogP contribution in [0.25, 0.3) is 10.2 Å². The van der Waals surface area contributed by atoms with Gasteiger partial charge in [0.05, 0.1) is 5.39 Å². The van der Waals surface area contributed by atoms with E-state index in [2.05, 4.69) is 16.9 Å². The molecule has 0 saturated carbocycles. The summed E-state index contributed by atoms with van der Waals surface area (Å²) in [6.07, 6.45) is 4.96. The fraction of sp³-hybridized carbons (Fsp3) is 0.588. The van der Waals surface area contributed by atoms with Gasteiger partial charge in [-0.3, -0.25) is 0 Å².